The molecule has 3 aromatic carbocycles. The summed E-state index contributed by atoms with van der Waals surface area (Å²) in [5, 5.41) is 18.6. The minimum absolute atomic E-state index is 0.107. The van der Waals surface area contributed by atoms with Gasteiger partial charge in [-0.15, -0.1) is 0 Å². The Hall–Kier alpha value is -4.16. The molecule has 0 aliphatic carbocycles. The third-order valence-electron chi connectivity index (χ3n) is 4.98. The number of phenolic OH excluding ortho intramolecular Hbond substituents is 2. The SMILES string of the molecule is C=C(CN)c1cccc(O)c1.C=C(CN1C(=O)c2ccccc2C1=O)c1cccc(O)c1. The van der Waals surface area contributed by atoms with Gasteiger partial charge in [0.05, 0.1) is 17.7 Å². The first kappa shape index (κ1) is 22.5. The lowest BCUT2D eigenvalue weighted by Gasteiger charge is -2.15. The minimum Gasteiger partial charge on any atom is -0.508 e. The van der Waals surface area contributed by atoms with Crippen molar-refractivity contribution in [1.29, 1.82) is 0 Å². The van der Waals surface area contributed by atoms with Crippen LogP contribution in [0.25, 0.3) is 11.1 Å². The van der Waals surface area contributed by atoms with Crippen LogP contribution in [0, 0.1) is 0 Å². The number of rotatable bonds is 5. The summed E-state index contributed by atoms with van der Waals surface area (Å²) in [6.45, 7) is 8.18. The standard InChI is InChI=1S/C17H13NO3.C9H11NO/c1-11(12-5-4-6-13(19)9-12)10-18-16(20)14-7-2-3-8-15(14)17(18)21;1-7(6-10)8-3-2-4-9(11)5-8/h2-9,19H,1,10H2;2-5,11H,1,6,10H2. The van der Waals surface area contributed by atoms with E-state index in [4.69, 9.17) is 10.8 Å². The Bertz CT molecular complexity index is 1160. The third kappa shape index (κ3) is 4.94. The van der Waals surface area contributed by atoms with Crippen molar-refractivity contribution in [2.75, 3.05) is 13.1 Å². The molecule has 162 valence electrons. The first-order valence-corrected chi connectivity index (χ1v) is 9.91. The molecular formula is C26H24N2O4. The zero-order valence-electron chi connectivity index (χ0n) is 17.5. The molecule has 0 spiro atoms. The molecule has 4 N–H and O–H groups in total. The van der Waals surface area contributed by atoms with Crippen molar-refractivity contribution in [3.63, 3.8) is 0 Å². The minimum atomic E-state index is -0.308. The van der Waals surface area contributed by atoms with Gasteiger partial charge in [-0.25, -0.2) is 0 Å². The summed E-state index contributed by atoms with van der Waals surface area (Å²) in [6, 6.07) is 20.2. The number of nitrogens with zero attached hydrogens (tertiary/aromatic N) is 1. The second-order valence-corrected chi connectivity index (χ2v) is 7.25. The Morgan fingerprint density at radius 3 is 1.66 bits per heavy atom. The Balaban J connectivity index is 0.000000222. The summed E-state index contributed by atoms with van der Waals surface area (Å²) < 4.78 is 0. The van der Waals surface area contributed by atoms with Crippen molar-refractivity contribution in [2.24, 2.45) is 5.73 Å². The van der Waals surface area contributed by atoms with E-state index < -0.39 is 0 Å². The summed E-state index contributed by atoms with van der Waals surface area (Å²) in [6.07, 6.45) is 0. The van der Waals surface area contributed by atoms with E-state index in [-0.39, 0.29) is 29.9 Å². The van der Waals surface area contributed by atoms with Crippen molar-refractivity contribution < 1.29 is 19.8 Å². The molecule has 3 aromatic rings. The fraction of sp³-hybridized carbons (Fsp3) is 0.0769. The molecule has 0 saturated carbocycles. The highest BCUT2D eigenvalue weighted by Gasteiger charge is 2.35. The number of imide groups is 1. The topological polar surface area (TPSA) is 104 Å². The van der Waals surface area contributed by atoms with Gasteiger partial charge in [-0.2, -0.15) is 0 Å². The number of fused-ring (bicyclic) bond motifs is 1. The highest BCUT2D eigenvalue weighted by atomic mass is 16.3. The van der Waals surface area contributed by atoms with Gasteiger partial charge in [0.1, 0.15) is 11.5 Å². The molecule has 1 heterocycles. The predicted molar refractivity (Wildman–Crippen MR) is 125 cm³/mol. The zero-order valence-corrected chi connectivity index (χ0v) is 17.5. The number of amides is 2. The molecular weight excluding hydrogens is 404 g/mol. The molecule has 1 aliphatic rings. The number of benzene rings is 3. The summed E-state index contributed by atoms with van der Waals surface area (Å²) in [4.78, 5) is 25.7. The number of aromatic hydroxyl groups is 2. The van der Waals surface area contributed by atoms with Crippen molar-refractivity contribution in [3.05, 3.63) is 108 Å². The Labute approximate surface area is 186 Å². The van der Waals surface area contributed by atoms with Gasteiger partial charge in [-0.3, -0.25) is 14.5 Å². The highest BCUT2D eigenvalue weighted by molar-refractivity contribution is 6.21. The molecule has 6 nitrogen and oxygen atoms in total. The van der Waals surface area contributed by atoms with E-state index in [0.717, 1.165) is 11.1 Å². The molecule has 0 radical (unpaired) electrons. The maximum atomic E-state index is 12.3. The summed E-state index contributed by atoms with van der Waals surface area (Å²) in [5.74, 6) is -0.248. The van der Waals surface area contributed by atoms with Crippen LogP contribution in [0.3, 0.4) is 0 Å². The lowest BCUT2D eigenvalue weighted by molar-refractivity contribution is 0.0675. The summed E-state index contributed by atoms with van der Waals surface area (Å²) in [7, 11) is 0. The number of phenols is 2. The molecule has 4 rings (SSSR count). The molecule has 0 aromatic heterocycles. The molecule has 0 atom stereocenters. The van der Waals surface area contributed by atoms with Crippen molar-refractivity contribution in [3.8, 4) is 11.5 Å². The van der Waals surface area contributed by atoms with Crippen LogP contribution < -0.4 is 5.73 Å². The van der Waals surface area contributed by atoms with Gasteiger partial charge >= 0.3 is 0 Å². The van der Waals surface area contributed by atoms with Crippen LogP contribution in [0.1, 0.15) is 31.8 Å². The Kier molecular flexibility index (Phi) is 6.87. The maximum absolute atomic E-state index is 12.3. The van der Waals surface area contributed by atoms with Crippen LogP contribution in [-0.4, -0.2) is 40.0 Å². The van der Waals surface area contributed by atoms with Gasteiger partial charge < -0.3 is 15.9 Å². The molecule has 0 fully saturated rings. The lowest BCUT2D eigenvalue weighted by Crippen LogP contribution is -2.31. The zero-order chi connectivity index (χ0) is 23.3. The molecule has 1 aliphatic heterocycles. The van der Waals surface area contributed by atoms with Crippen molar-refractivity contribution in [2.45, 2.75) is 0 Å². The molecule has 0 saturated heterocycles. The number of carbonyl (C=O) groups is 2. The quantitative estimate of drug-likeness (QED) is 0.532. The fourth-order valence-electron chi connectivity index (χ4n) is 3.23. The van der Waals surface area contributed by atoms with E-state index in [1.165, 1.54) is 4.90 Å². The monoisotopic (exact) mass is 428 g/mol. The fourth-order valence-corrected chi connectivity index (χ4v) is 3.23. The number of hydrogen-bond donors (Lipinski definition) is 3. The molecule has 0 bridgehead atoms. The van der Waals surface area contributed by atoms with Crippen molar-refractivity contribution >= 4 is 23.0 Å². The van der Waals surface area contributed by atoms with Crippen LogP contribution >= 0.6 is 0 Å². The average Bonchev–Trinajstić information content (AvgIpc) is 3.04. The number of hydrogen-bond acceptors (Lipinski definition) is 5. The van der Waals surface area contributed by atoms with E-state index in [1.54, 1.807) is 66.7 Å². The smallest absolute Gasteiger partial charge is 0.261 e. The van der Waals surface area contributed by atoms with E-state index in [9.17, 15) is 14.7 Å². The van der Waals surface area contributed by atoms with Gasteiger partial charge in [0.25, 0.3) is 11.8 Å². The largest absolute Gasteiger partial charge is 0.508 e. The second kappa shape index (κ2) is 9.76. The van der Waals surface area contributed by atoms with Crippen molar-refractivity contribution in [1.82, 2.24) is 4.90 Å². The van der Waals surface area contributed by atoms with Crippen LogP contribution in [-0.2, 0) is 0 Å². The van der Waals surface area contributed by atoms with Crippen LogP contribution in [0.5, 0.6) is 11.5 Å². The van der Waals surface area contributed by atoms with E-state index in [0.29, 0.717) is 28.8 Å². The van der Waals surface area contributed by atoms with E-state index >= 15 is 0 Å². The van der Waals surface area contributed by atoms with Gasteiger partial charge in [0.15, 0.2) is 0 Å². The van der Waals surface area contributed by atoms with E-state index in [2.05, 4.69) is 13.2 Å². The predicted octanol–water partition coefficient (Wildman–Crippen LogP) is 4.07. The molecule has 2 amide bonds. The molecule has 6 heteroatoms. The maximum Gasteiger partial charge on any atom is 0.261 e. The number of nitrogens with two attached hydrogens (primary N) is 1. The highest BCUT2D eigenvalue weighted by Crippen LogP contribution is 2.26. The Morgan fingerprint density at radius 2 is 1.22 bits per heavy atom. The van der Waals surface area contributed by atoms with Gasteiger partial charge in [-0.1, -0.05) is 49.6 Å². The number of carbonyl (C=O) groups excluding carboxylic acids is 2. The summed E-state index contributed by atoms with van der Waals surface area (Å²) >= 11 is 0. The molecule has 0 unspecified atom stereocenters. The third-order valence-corrected chi connectivity index (χ3v) is 4.98. The summed E-state index contributed by atoms with van der Waals surface area (Å²) in [5.41, 5.74) is 9.25. The Morgan fingerprint density at radius 1 is 0.750 bits per heavy atom. The van der Waals surface area contributed by atoms with Gasteiger partial charge in [0.2, 0.25) is 0 Å². The first-order valence-electron chi connectivity index (χ1n) is 9.91. The normalized spacial score (nSPS) is 12.1. The molecule has 32 heavy (non-hydrogen) atoms. The lowest BCUT2D eigenvalue weighted by atomic mass is 10.1. The van der Waals surface area contributed by atoms with Gasteiger partial charge in [0, 0.05) is 6.54 Å². The second-order valence-electron chi connectivity index (χ2n) is 7.25. The van der Waals surface area contributed by atoms with Crippen LogP contribution in [0.4, 0.5) is 0 Å². The average molecular weight is 428 g/mol. The van der Waals surface area contributed by atoms with E-state index in [1.807, 2.05) is 6.07 Å². The van der Waals surface area contributed by atoms with Crippen LogP contribution in [0.15, 0.2) is 86.0 Å². The van der Waals surface area contributed by atoms with Gasteiger partial charge in [-0.05, 0) is 58.7 Å². The van der Waals surface area contributed by atoms with Crippen LogP contribution in [0.2, 0.25) is 0 Å². The first-order chi connectivity index (χ1) is 15.3.